The molecule has 1 aromatic heterocycles. The minimum absolute atomic E-state index is 0.0676. The van der Waals surface area contributed by atoms with E-state index in [0.29, 0.717) is 19.6 Å². The second-order valence-corrected chi connectivity index (χ2v) is 5.02. The van der Waals surface area contributed by atoms with Crippen LogP contribution in [-0.4, -0.2) is 25.0 Å². The zero-order valence-corrected chi connectivity index (χ0v) is 12.1. The molecule has 0 aliphatic rings. The number of esters is 1. The van der Waals surface area contributed by atoms with Gasteiger partial charge in [-0.05, 0) is 31.3 Å². The third-order valence-corrected chi connectivity index (χ3v) is 3.30. The normalized spacial score (nSPS) is 10.2. The minimum atomic E-state index is -0.153. The van der Waals surface area contributed by atoms with E-state index in [1.165, 1.54) is 6.92 Å². The van der Waals surface area contributed by atoms with Gasteiger partial charge in [-0.25, -0.2) is 0 Å². The van der Waals surface area contributed by atoms with Crippen LogP contribution < -0.4 is 10.6 Å². The van der Waals surface area contributed by atoms with Gasteiger partial charge >= 0.3 is 5.97 Å². The van der Waals surface area contributed by atoms with E-state index in [1.807, 2.05) is 11.4 Å². The van der Waals surface area contributed by atoms with Crippen LogP contribution in [-0.2, 0) is 20.9 Å². The molecule has 0 unspecified atom stereocenters. The Balaban J connectivity index is 2.21. The third kappa shape index (κ3) is 6.35. The highest BCUT2D eigenvalue weighted by atomic mass is 32.1. The first-order valence-electron chi connectivity index (χ1n) is 6.33. The van der Waals surface area contributed by atoms with Crippen molar-refractivity contribution in [2.24, 2.45) is 0 Å². The lowest BCUT2D eigenvalue weighted by Crippen LogP contribution is -2.17. The van der Waals surface area contributed by atoms with E-state index in [-0.39, 0.29) is 11.9 Å². The smallest absolute Gasteiger partial charge is 0.305 e. The first kappa shape index (κ1) is 15.7. The van der Waals surface area contributed by atoms with E-state index in [0.717, 1.165) is 23.5 Å². The molecule has 5 nitrogen and oxygen atoms in total. The summed E-state index contributed by atoms with van der Waals surface area (Å²) in [7, 11) is 0. The van der Waals surface area contributed by atoms with Crippen LogP contribution in [0.3, 0.4) is 0 Å². The van der Waals surface area contributed by atoms with Gasteiger partial charge in [-0.2, -0.15) is 0 Å². The molecule has 0 aliphatic heterocycles. The summed E-state index contributed by atoms with van der Waals surface area (Å²) < 4.78 is 4.85. The quantitative estimate of drug-likeness (QED) is 0.567. The Morgan fingerprint density at radius 1 is 1.42 bits per heavy atom. The number of anilines is 1. The number of nitrogens with one attached hydrogen (secondary N) is 2. The van der Waals surface area contributed by atoms with Gasteiger partial charge in [-0.3, -0.25) is 9.59 Å². The van der Waals surface area contributed by atoms with Gasteiger partial charge in [-0.1, -0.05) is 0 Å². The Morgan fingerprint density at radius 2 is 2.21 bits per heavy atom. The van der Waals surface area contributed by atoms with Crippen LogP contribution >= 0.6 is 11.3 Å². The molecule has 0 saturated carbocycles. The van der Waals surface area contributed by atoms with E-state index in [9.17, 15) is 9.59 Å². The molecule has 0 fully saturated rings. The summed E-state index contributed by atoms with van der Waals surface area (Å²) in [6.45, 7) is 5.17. The third-order valence-electron chi connectivity index (χ3n) is 2.38. The zero-order valence-electron chi connectivity index (χ0n) is 11.3. The van der Waals surface area contributed by atoms with Crippen LogP contribution in [0.15, 0.2) is 11.4 Å². The van der Waals surface area contributed by atoms with Crippen LogP contribution in [0.4, 0.5) is 5.69 Å². The Labute approximate surface area is 117 Å². The van der Waals surface area contributed by atoms with Gasteiger partial charge in [0.05, 0.1) is 12.3 Å². The van der Waals surface area contributed by atoms with Crippen molar-refractivity contribution >= 4 is 28.9 Å². The standard InChI is InChI=1S/C13H20N2O3S/c1-3-18-13(17)5-4-7-14-9-12-11(6-8-19-12)15-10(2)16/h6,8,14H,3-5,7,9H2,1-2H3,(H,15,16). The molecule has 0 bridgehead atoms. The van der Waals surface area contributed by atoms with Gasteiger partial charge in [-0.15, -0.1) is 11.3 Å². The number of rotatable bonds is 8. The number of ether oxygens (including phenoxy) is 1. The van der Waals surface area contributed by atoms with Crippen molar-refractivity contribution in [1.29, 1.82) is 0 Å². The van der Waals surface area contributed by atoms with Crippen molar-refractivity contribution in [2.75, 3.05) is 18.5 Å². The fourth-order valence-electron chi connectivity index (χ4n) is 1.57. The lowest BCUT2D eigenvalue weighted by atomic mass is 10.3. The largest absolute Gasteiger partial charge is 0.466 e. The summed E-state index contributed by atoms with van der Waals surface area (Å²) in [6.07, 6.45) is 1.18. The number of carbonyl (C=O) groups is 2. The van der Waals surface area contributed by atoms with Crippen molar-refractivity contribution < 1.29 is 14.3 Å². The maximum absolute atomic E-state index is 11.1. The van der Waals surface area contributed by atoms with Crippen LogP contribution in [0.25, 0.3) is 0 Å². The summed E-state index contributed by atoms with van der Waals surface area (Å²) in [5.41, 5.74) is 0.857. The van der Waals surface area contributed by atoms with Crippen LogP contribution in [0.5, 0.6) is 0 Å². The second kappa shape index (κ2) is 8.66. The monoisotopic (exact) mass is 284 g/mol. The molecule has 0 spiro atoms. The summed E-state index contributed by atoms with van der Waals surface area (Å²) in [4.78, 5) is 23.2. The first-order valence-corrected chi connectivity index (χ1v) is 7.21. The van der Waals surface area contributed by atoms with Crippen molar-refractivity contribution in [1.82, 2.24) is 5.32 Å². The summed E-state index contributed by atoms with van der Waals surface area (Å²) >= 11 is 1.60. The van der Waals surface area contributed by atoms with E-state index < -0.39 is 0 Å². The molecule has 6 heteroatoms. The molecule has 106 valence electrons. The van der Waals surface area contributed by atoms with Crippen molar-refractivity contribution in [3.8, 4) is 0 Å². The Hall–Kier alpha value is -1.40. The topological polar surface area (TPSA) is 67.4 Å². The molecule has 0 aliphatic carbocycles. The molecule has 0 aromatic carbocycles. The van der Waals surface area contributed by atoms with Gasteiger partial charge in [0.15, 0.2) is 0 Å². The van der Waals surface area contributed by atoms with Crippen LogP contribution in [0.2, 0.25) is 0 Å². The summed E-state index contributed by atoms with van der Waals surface area (Å²) in [5, 5.41) is 7.98. The van der Waals surface area contributed by atoms with Crippen molar-refractivity contribution in [3.63, 3.8) is 0 Å². The molecule has 1 rings (SSSR count). The average Bonchev–Trinajstić information content (AvgIpc) is 2.76. The number of hydrogen-bond acceptors (Lipinski definition) is 5. The van der Waals surface area contributed by atoms with Gasteiger partial charge in [0.25, 0.3) is 0 Å². The van der Waals surface area contributed by atoms with Gasteiger partial charge in [0, 0.05) is 24.8 Å². The lowest BCUT2D eigenvalue weighted by Gasteiger charge is -2.06. The van der Waals surface area contributed by atoms with Gasteiger partial charge in [0.2, 0.25) is 5.91 Å². The van der Waals surface area contributed by atoms with E-state index >= 15 is 0 Å². The molecule has 19 heavy (non-hydrogen) atoms. The number of thiophene rings is 1. The fraction of sp³-hybridized carbons (Fsp3) is 0.538. The van der Waals surface area contributed by atoms with Crippen molar-refractivity contribution in [2.45, 2.75) is 33.2 Å². The lowest BCUT2D eigenvalue weighted by molar-refractivity contribution is -0.143. The summed E-state index contributed by atoms with van der Waals surface area (Å²) in [5.74, 6) is -0.221. The zero-order chi connectivity index (χ0) is 14.1. The van der Waals surface area contributed by atoms with E-state index in [4.69, 9.17) is 4.74 Å². The molecular formula is C13H20N2O3S. The molecule has 0 radical (unpaired) electrons. The Bertz CT molecular complexity index is 418. The molecule has 1 amide bonds. The van der Waals surface area contributed by atoms with Crippen molar-refractivity contribution in [3.05, 3.63) is 16.3 Å². The molecule has 2 N–H and O–H groups in total. The SMILES string of the molecule is CCOC(=O)CCCNCc1sccc1NC(C)=O. The Morgan fingerprint density at radius 3 is 2.89 bits per heavy atom. The predicted octanol–water partition coefficient (Wildman–Crippen LogP) is 2.14. The van der Waals surface area contributed by atoms with Crippen LogP contribution in [0.1, 0.15) is 31.6 Å². The maximum Gasteiger partial charge on any atom is 0.305 e. The van der Waals surface area contributed by atoms with E-state index in [1.54, 1.807) is 18.3 Å². The summed E-state index contributed by atoms with van der Waals surface area (Å²) in [6, 6.07) is 1.89. The van der Waals surface area contributed by atoms with Gasteiger partial charge < -0.3 is 15.4 Å². The molecule has 0 atom stereocenters. The van der Waals surface area contributed by atoms with Crippen LogP contribution in [0, 0.1) is 0 Å². The fourth-order valence-corrected chi connectivity index (χ4v) is 2.37. The van der Waals surface area contributed by atoms with Gasteiger partial charge in [0.1, 0.15) is 0 Å². The number of carbonyl (C=O) groups excluding carboxylic acids is 2. The minimum Gasteiger partial charge on any atom is -0.466 e. The molecular weight excluding hydrogens is 264 g/mol. The highest BCUT2D eigenvalue weighted by Crippen LogP contribution is 2.21. The molecule has 0 saturated heterocycles. The number of hydrogen-bond donors (Lipinski definition) is 2. The second-order valence-electron chi connectivity index (χ2n) is 4.02. The maximum atomic E-state index is 11.1. The average molecular weight is 284 g/mol. The number of amides is 1. The Kier molecular flexibility index (Phi) is 7.14. The first-order chi connectivity index (χ1) is 9.13. The van der Waals surface area contributed by atoms with E-state index in [2.05, 4.69) is 10.6 Å². The highest BCUT2D eigenvalue weighted by Gasteiger charge is 2.05. The molecule has 1 aromatic rings. The predicted molar refractivity (Wildman–Crippen MR) is 76.2 cm³/mol. The highest BCUT2D eigenvalue weighted by molar-refractivity contribution is 7.10. The molecule has 1 heterocycles.